The van der Waals surface area contributed by atoms with Gasteiger partial charge in [0.05, 0.1) is 25.1 Å². The number of nitrogens with zero attached hydrogens (tertiary/aromatic N) is 3. The van der Waals surface area contributed by atoms with Crippen molar-refractivity contribution in [3.63, 3.8) is 0 Å². The topological polar surface area (TPSA) is 77.0 Å². The van der Waals surface area contributed by atoms with Crippen LogP contribution in [0.1, 0.15) is 55.7 Å². The van der Waals surface area contributed by atoms with Crippen LogP contribution in [0.4, 0.5) is 5.69 Å². The first kappa shape index (κ1) is 31.7. The maximum atomic E-state index is 12.0. The molecule has 0 radical (unpaired) electrons. The van der Waals surface area contributed by atoms with Crippen molar-refractivity contribution >= 4 is 41.2 Å². The average molecular weight is 624 g/mol. The average Bonchev–Trinajstić information content (AvgIpc) is 3.72. The quantitative estimate of drug-likeness (QED) is 0.0744. The van der Waals surface area contributed by atoms with Gasteiger partial charge in [-0.1, -0.05) is 48.6 Å². The number of esters is 1. The van der Waals surface area contributed by atoms with Crippen LogP contribution < -0.4 is 0 Å². The van der Waals surface area contributed by atoms with Crippen LogP contribution in [0.2, 0.25) is 0 Å². The first-order chi connectivity index (χ1) is 22.7. The predicted molar refractivity (Wildman–Crippen MR) is 186 cm³/mol. The second-order valence-corrected chi connectivity index (χ2v) is 12.4. The highest BCUT2D eigenvalue weighted by atomic mass is 16.5. The van der Waals surface area contributed by atoms with Crippen molar-refractivity contribution in [2.45, 2.75) is 40.7 Å². The lowest BCUT2D eigenvalue weighted by Crippen LogP contribution is -2.23. The Morgan fingerprint density at radius 1 is 0.957 bits per heavy atom. The molecule has 5 aromatic rings. The number of oxazole rings is 1. The number of carbonyl (C=O) groups is 2. The van der Waals surface area contributed by atoms with Crippen LogP contribution in [0.25, 0.3) is 50.7 Å². The number of likely N-dealkylation sites (tertiary alicyclic amines) is 1. The third-order valence-corrected chi connectivity index (χ3v) is 9.32. The number of aromatic nitrogens is 1. The minimum absolute atomic E-state index is 0.117. The molecule has 0 spiro atoms. The number of ether oxygens (including phenoxy) is 1. The normalized spacial score (nSPS) is 14.9. The molecule has 0 bridgehead atoms. The molecule has 0 unspecified atom stereocenters. The van der Waals surface area contributed by atoms with E-state index in [0.717, 1.165) is 80.4 Å². The van der Waals surface area contributed by atoms with Gasteiger partial charge in [-0.05, 0) is 115 Å². The Hall–Kier alpha value is -5.32. The van der Waals surface area contributed by atoms with Gasteiger partial charge in [0.2, 0.25) is 11.6 Å². The summed E-state index contributed by atoms with van der Waals surface area (Å²) in [6, 6.07) is 20.3. The molecule has 0 aliphatic carbocycles. The molecule has 7 heteroatoms. The number of aldehydes is 1. The standard InChI is InChI=1S/C40H37N3O4/c1-24-18-32(23-44)25(2)17-30(24)14-13-29-9-7-10-33(26(29)3)34-11-8-12-35(27(34)4)39-42-37-20-28(19-36(41-5)38(37)47-39)21-43-16-15-31(22-43)40(45)46-6/h7-14,17-20,23,31H,15-16,21-22H2,1-4,6H3/b14-13+/t31-/m1/s1. The molecular weight excluding hydrogens is 586 g/mol. The molecular formula is C40H37N3O4. The van der Waals surface area contributed by atoms with Gasteiger partial charge in [0.25, 0.3) is 0 Å². The maximum Gasteiger partial charge on any atom is 0.310 e. The van der Waals surface area contributed by atoms with Crippen LogP contribution in [0, 0.1) is 40.2 Å². The summed E-state index contributed by atoms with van der Waals surface area (Å²) in [5, 5.41) is 0. The Labute approximate surface area is 275 Å². The number of rotatable bonds is 8. The predicted octanol–water partition coefficient (Wildman–Crippen LogP) is 8.92. The minimum Gasteiger partial charge on any atom is -0.469 e. The molecule has 2 heterocycles. The van der Waals surface area contributed by atoms with E-state index in [0.29, 0.717) is 35.8 Å². The number of hydrogen-bond acceptors (Lipinski definition) is 6. The number of aryl methyl sites for hydroxylation is 2. The zero-order valence-corrected chi connectivity index (χ0v) is 27.4. The van der Waals surface area contributed by atoms with E-state index in [1.807, 2.05) is 44.2 Å². The van der Waals surface area contributed by atoms with Gasteiger partial charge in [0.1, 0.15) is 6.29 Å². The van der Waals surface area contributed by atoms with Gasteiger partial charge in [-0.3, -0.25) is 14.5 Å². The second-order valence-electron chi connectivity index (χ2n) is 12.4. The van der Waals surface area contributed by atoms with Crippen LogP contribution in [0.3, 0.4) is 0 Å². The van der Waals surface area contributed by atoms with Crippen molar-refractivity contribution in [1.82, 2.24) is 9.88 Å². The lowest BCUT2D eigenvalue weighted by molar-refractivity contribution is -0.144. The summed E-state index contributed by atoms with van der Waals surface area (Å²) in [6.45, 7) is 18.1. The molecule has 236 valence electrons. The molecule has 0 N–H and O–H groups in total. The van der Waals surface area contributed by atoms with Crippen LogP contribution in [0.5, 0.6) is 0 Å². The van der Waals surface area contributed by atoms with Gasteiger partial charge in [0, 0.05) is 24.2 Å². The molecule has 4 aromatic carbocycles. The van der Waals surface area contributed by atoms with Crippen molar-refractivity contribution in [2.24, 2.45) is 5.92 Å². The highest BCUT2D eigenvalue weighted by molar-refractivity contribution is 5.90. The van der Waals surface area contributed by atoms with Gasteiger partial charge < -0.3 is 9.15 Å². The molecule has 1 aliphatic heterocycles. The van der Waals surface area contributed by atoms with Gasteiger partial charge >= 0.3 is 5.97 Å². The molecule has 1 aliphatic rings. The van der Waals surface area contributed by atoms with Gasteiger partial charge in [-0.25, -0.2) is 9.83 Å². The molecule has 1 atom stereocenters. The zero-order valence-electron chi connectivity index (χ0n) is 27.4. The van der Waals surface area contributed by atoms with Crippen LogP contribution in [0.15, 0.2) is 65.1 Å². The SMILES string of the molecule is [C-]#[N+]c1cc(CN2CC[C@@H](C(=O)OC)C2)cc2nc(-c3cccc(-c4cccc(/C=C/c5cc(C)c(C=O)cc5C)c4C)c3C)oc12. The number of carbonyl (C=O) groups excluding carboxylic acids is 2. The van der Waals surface area contributed by atoms with Crippen molar-refractivity contribution in [3.05, 3.63) is 117 Å². The number of hydrogen-bond donors (Lipinski definition) is 0. The summed E-state index contributed by atoms with van der Waals surface area (Å²) >= 11 is 0. The Morgan fingerprint density at radius 3 is 2.38 bits per heavy atom. The molecule has 1 saturated heterocycles. The van der Waals surface area contributed by atoms with E-state index < -0.39 is 0 Å². The van der Waals surface area contributed by atoms with Crippen LogP contribution in [-0.4, -0.2) is 42.3 Å². The highest BCUT2D eigenvalue weighted by Gasteiger charge is 2.29. The zero-order chi connectivity index (χ0) is 33.2. The summed E-state index contributed by atoms with van der Waals surface area (Å²) in [4.78, 5) is 34.2. The molecule has 0 amide bonds. The molecule has 1 fully saturated rings. The molecule has 47 heavy (non-hydrogen) atoms. The molecule has 6 rings (SSSR count). The Morgan fingerprint density at radius 2 is 1.64 bits per heavy atom. The Kier molecular flexibility index (Phi) is 8.88. The van der Waals surface area contributed by atoms with E-state index in [-0.39, 0.29) is 11.9 Å². The van der Waals surface area contributed by atoms with Crippen LogP contribution in [-0.2, 0) is 16.1 Å². The lowest BCUT2D eigenvalue weighted by atomic mass is 9.91. The summed E-state index contributed by atoms with van der Waals surface area (Å²) in [6.07, 6.45) is 5.90. The van der Waals surface area contributed by atoms with E-state index in [1.54, 1.807) is 0 Å². The molecule has 7 nitrogen and oxygen atoms in total. The largest absolute Gasteiger partial charge is 0.469 e. The Balaban J connectivity index is 1.31. The van der Waals surface area contributed by atoms with E-state index >= 15 is 0 Å². The van der Waals surface area contributed by atoms with Crippen molar-refractivity contribution in [1.29, 1.82) is 0 Å². The van der Waals surface area contributed by atoms with Crippen molar-refractivity contribution < 1.29 is 18.7 Å². The van der Waals surface area contributed by atoms with Gasteiger partial charge in [0.15, 0.2) is 5.58 Å². The second kappa shape index (κ2) is 13.2. The summed E-state index contributed by atoms with van der Waals surface area (Å²) in [5.74, 6) is 0.189. The molecule has 0 saturated carbocycles. The van der Waals surface area contributed by atoms with E-state index in [4.69, 9.17) is 20.7 Å². The molecule has 1 aromatic heterocycles. The van der Waals surface area contributed by atoms with Gasteiger partial charge in [-0.2, -0.15) is 0 Å². The van der Waals surface area contributed by atoms with Gasteiger partial charge in [-0.15, -0.1) is 0 Å². The lowest BCUT2D eigenvalue weighted by Gasteiger charge is -2.15. The van der Waals surface area contributed by atoms with Crippen LogP contribution >= 0.6 is 0 Å². The fourth-order valence-corrected chi connectivity index (χ4v) is 6.59. The fourth-order valence-electron chi connectivity index (χ4n) is 6.59. The third-order valence-electron chi connectivity index (χ3n) is 9.32. The fraction of sp³-hybridized carbons (Fsp3) is 0.250. The van der Waals surface area contributed by atoms with Crippen molar-refractivity contribution in [2.75, 3.05) is 20.2 Å². The smallest absolute Gasteiger partial charge is 0.310 e. The monoisotopic (exact) mass is 623 g/mol. The van der Waals surface area contributed by atoms with E-state index in [1.165, 1.54) is 7.11 Å². The number of methoxy groups -OCH3 is 1. The highest BCUT2D eigenvalue weighted by Crippen LogP contribution is 2.38. The minimum atomic E-state index is -0.172. The summed E-state index contributed by atoms with van der Waals surface area (Å²) < 4.78 is 11.2. The first-order valence-electron chi connectivity index (χ1n) is 15.8. The summed E-state index contributed by atoms with van der Waals surface area (Å²) in [5.41, 5.74) is 12.7. The van der Waals surface area contributed by atoms with Crippen molar-refractivity contribution in [3.8, 4) is 22.6 Å². The van der Waals surface area contributed by atoms with E-state index in [2.05, 4.69) is 66.1 Å². The Bertz CT molecular complexity index is 2100. The third kappa shape index (κ3) is 6.25. The first-order valence-corrected chi connectivity index (χ1v) is 15.8. The summed E-state index contributed by atoms with van der Waals surface area (Å²) in [7, 11) is 1.43. The number of benzene rings is 4. The van der Waals surface area contributed by atoms with E-state index in [9.17, 15) is 9.59 Å². The maximum absolute atomic E-state index is 12.0. The number of fused-ring (bicyclic) bond motifs is 1.